The maximum Gasteiger partial charge on any atom is 0.321 e. The maximum absolute atomic E-state index is 12.2. The number of imidazole rings is 1. The molecule has 1 fully saturated rings. The SMILES string of the molecule is C\C=C/C=C(\C=C/C)c1cn2ccc(NC(=O)N3CCCC3)cc2n1. The summed E-state index contributed by atoms with van der Waals surface area (Å²) >= 11 is 0. The minimum atomic E-state index is -0.0313. The lowest BCUT2D eigenvalue weighted by Gasteiger charge is -2.16. The van der Waals surface area contributed by atoms with Crippen molar-refractivity contribution >= 4 is 22.9 Å². The van der Waals surface area contributed by atoms with E-state index in [1.165, 1.54) is 0 Å². The van der Waals surface area contributed by atoms with Gasteiger partial charge in [-0.15, -0.1) is 0 Å². The second-order valence-corrected chi connectivity index (χ2v) is 6.08. The molecule has 5 nitrogen and oxygen atoms in total. The predicted octanol–water partition coefficient (Wildman–Crippen LogP) is 4.50. The zero-order valence-electron chi connectivity index (χ0n) is 14.8. The summed E-state index contributed by atoms with van der Waals surface area (Å²) in [5.74, 6) is 0. The number of pyridine rings is 1. The molecule has 3 heterocycles. The lowest BCUT2D eigenvalue weighted by atomic mass is 10.1. The molecule has 2 aromatic heterocycles. The molecule has 130 valence electrons. The van der Waals surface area contributed by atoms with Gasteiger partial charge in [0.05, 0.1) is 5.69 Å². The van der Waals surface area contributed by atoms with Crippen molar-refractivity contribution < 1.29 is 4.79 Å². The van der Waals surface area contributed by atoms with Gasteiger partial charge in [-0.3, -0.25) is 0 Å². The van der Waals surface area contributed by atoms with E-state index in [9.17, 15) is 4.79 Å². The van der Waals surface area contributed by atoms with Crippen molar-refractivity contribution in [2.75, 3.05) is 18.4 Å². The molecule has 0 saturated carbocycles. The molecule has 0 aromatic carbocycles. The summed E-state index contributed by atoms with van der Waals surface area (Å²) in [6, 6.07) is 3.77. The van der Waals surface area contributed by atoms with E-state index in [-0.39, 0.29) is 6.03 Å². The highest BCUT2D eigenvalue weighted by Gasteiger charge is 2.17. The highest BCUT2D eigenvalue weighted by Crippen LogP contribution is 2.19. The minimum absolute atomic E-state index is 0.0313. The van der Waals surface area contributed by atoms with E-state index in [1.807, 2.05) is 78.1 Å². The number of amides is 2. The van der Waals surface area contributed by atoms with Crippen LogP contribution in [0.5, 0.6) is 0 Å². The second kappa shape index (κ2) is 7.83. The molecule has 2 aromatic rings. The van der Waals surface area contributed by atoms with Gasteiger partial charge in [0.1, 0.15) is 5.65 Å². The fourth-order valence-electron chi connectivity index (χ4n) is 2.93. The number of carbonyl (C=O) groups excluding carboxylic acids is 1. The molecule has 0 bridgehead atoms. The third-order valence-corrected chi connectivity index (χ3v) is 4.21. The van der Waals surface area contributed by atoms with E-state index in [1.54, 1.807) is 0 Å². The van der Waals surface area contributed by atoms with Crippen molar-refractivity contribution in [1.82, 2.24) is 14.3 Å². The van der Waals surface area contributed by atoms with Gasteiger partial charge in [0.25, 0.3) is 0 Å². The zero-order valence-corrected chi connectivity index (χ0v) is 14.8. The lowest BCUT2D eigenvalue weighted by molar-refractivity contribution is 0.222. The number of carbonyl (C=O) groups is 1. The van der Waals surface area contributed by atoms with Crippen LogP contribution in [0.2, 0.25) is 0 Å². The van der Waals surface area contributed by atoms with Gasteiger partial charge < -0.3 is 14.6 Å². The average molecular weight is 336 g/mol. The van der Waals surface area contributed by atoms with Crippen LogP contribution in [0.15, 0.2) is 54.9 Å². The molecule has 5 heteroatoms. The van der Waals surface area contributed by atoms with Crippen LogP contribution >= 0.6 is 0 Å². The van der Waals surface area contributed by atoms with Crippen molar-refractivity contribution in [2.24, 2.45) is 0 Å². The van der Waals surface area contributed by atoms with Crippen LogP contribution in [0.1, 0.15) is 32.4 Å². The fraction of sp³-hybridized carbons (Fsp3) is 0.300. The Bertz CT molecular complexity index is 838. The number of urea groups is 1. The Hall–Kier alpha value is -2.82. The number of nitrogens with zero attached hydrogens (tertiary/aromatic N) is 3. The minimum Gasteiger partial charge on any atom is -0.325 e. The molecule has 1 aliphatic heterocycles. The Kier molecular flexibility index (Phi) is 5.33. The molecule has 25 heavy (non-hydrogen) atoms. The van der Waals surface area contributed by atoms with Crippen LogP contribution in [-0.2, 0) is 0 Å². The van der Waals surface area contributed by atoms with E-state index in [0.29, 0.717) is 0 Å². The standard InChI is InChI=1S/C20H24N4O/c1-3-5-9-16(8-4-2)18-15-24-13-10-17(14-19(24)22-18)21-20(25)23-11-6-7-12-23/h3-5,8-10,13-15H,6-7,11-12H2,1-2H3,(H,21,25)/b5-3-,8-4-,16-9+. The van der Waals surface area contributed by atoms with E-state index in [0.717, 1.165) is 48.5 Å². The fourth-order valence-corrected chi connectivity index (χ4v) is 2.93. The molecule has 0 spiro atoms. The quantitative estimate of drug-likeness (QED) is 0.836. The summed E-state index contributed by atoms with van der Waals surface area (Å²) in [6.45, 7) is 5.65. The van der Waals surface area contributed by atoms with E-state index >= 15 is 0 Å². The Morgan fingerprint density at radius 1 is 1.24 bits per heavy atom. The number of fused-ring (bicyclic) bond motifs is 1. The first-order valence-electron chi connectivity index (χ1n) is 8.72. The lowest BCUT2D eigenvalue weighted by Crippen LogP contribution is -2.32. The van der Waals surface area contributed by atoms with Crippen LogP contribution in [0, 0.1) is 0 Å². The van der Waals surface area contributed by atoms with Gasteiger partial charge in [-0.25, -0.2) is 9.78 Å². The van der Waals surface area contributed by atoms with Crippen LogP contribution in [-0.4, -0.2) is 33.4 Å². The Labute approximate surface area is 148 Å². The Balaban J connectivity index is 1.84. The van der Waals surface area contributed by atoms with Gasteiger partial charge in [-0.2, -0.15) is 0 Å². The molecular formula is C20H24N4O. The maximum atomic E-state index is 12.2. The summed E-state index contributed by atoms with van der Waals surface area (Å²) in [7, 11) is 0. The normalized spacial score (nSPS) is 15.8. The summed E-state index contributed by atoms with van der Waals surface area (Å²) in [5, 5.41) is 2.97. The van der Waals surface area contributed by atoms with Crippen LogP contribution in [0.25, 0.3) is 11.2 Å². The van der Waals surface area contributed by atoms with Gasteiger partial charge in [0, 0.05) is 42.8 Å². The number of allylic oxidation sites excluding steroid dienone is 6. The molecule has 1 saturated heterocycles. The monoisotopic (exact) mass is 336 g/mol. The topological polar surface area (TPSA) is 49.6 Å². The van der Waals surface area contributed by atoms with Crippen molar-refractivity contribution in [3.05, 3.63) is 60.6 Å². The first kappa shape index (κ1) is 17.0. The smallest absolute Gasteiger partial charge is 0.321 e. The molecular weight excluding hydrogens is 312 g/mol. The molecule has 1 aliphatic rings. The van der Waals surface area contributed by atoms with Crippen LogP contribution < -0.4 is 5.32 Å². The summed E-state index contributed by atoms with van der Waals surface area (Å²) in [4.78, 5) is 18.8. The Morgan fingerprint density at radius 2 is 2.04 bits per heavy atom. The summed E-state index contributed by atoms with van der Waals surface area (Å²) < 4.78 is 1.97. The van der Waals surface area contributed by atoms with Gasteiger partial charge >= 0.3 is 6.03 Å². The zero-order chi connectivity index (χ0) is 17.6. The van der Waals surface area contributed by atoms with Crippen molar-refractivity contribution in [3.8, 4) is 0 Å². The number of hydrogen-bond acceptors (Lipinski definition) is 2. The van der Waals surface area contributed by atoms with Gasteiger partial charge in [0.15, 0.2) is 0 Å². The first-order valence-corrected chi connectivity index (χ1v) is 8.72. The van der Waals surface area contributed by atoms with Gasteiger partial charge in [-0.05, 0) is 32.8 Å². The molecule has 2 amide bonds. The Morgan fingerprint density at radius 3 is 2.76 bits per heavy atom. The number of likely N-dealkylation sites (tertiary alicyclic amines) is 1. The molecule has 0 radical (unpaired) electrons. The van der Waals surface area contributed by atoms with Crippen molar-refractivity contribution in [3.63, 3.8) is 0 Å². The first-order chi connectivity index (χ1) is 12.2. The molecule has 0 aliphatic carbocycles. The van der Waals surface area contributed by atoms with Gasteiger partial charge in [-0.1, -0.05) is 30.4 Å². The number of hydrogen-bond donors (Lipinski definition) is 1. The van der Waals surface area contributed by atoms with E-state index in [4.69, 9.17) is 4.98 Å². The average Bonchev–Trinajstić information content (AvgIpc) is 3.27. The number of aromatic nitrogens is 2. The molecule has 0 unspecified atom stereocenters. The predicted molar refractivity (Wildman–Crippen MR) is 103 cm³/mol. The largest absolute Gasteiger partial charge is 0.325 e. The second-order valence-electron chi connectivity index (χ2n) is 6.08. The highest BCUT2D eigenvalue weighted by molar-refractivity contribution is 5.90. The van der Waals surface area contributed by atoms with Gasteiger partial charge in [0.2, 0.25) is 0 Å². The number of rotatable bonds is 4. The summed E-state index contributed by atoms with van der Waals surface area (Å²) in [6.07, 6.45) is 16.2. The number of nitrogens with one attached hydrogen (secondary N) is 1. The van der Waals surface area contributed by atoms with Crippen LogP contribution in [0.3, 0.4) is 0 Å². The number of anilines is 1. The van der Waals surface area contributed by atoms with Crippen molar-refractivity contribution in [2.45, 2.75) is 26.7 Å². The van der Waals surface area contributed by atoms with Crippen LogP contribution in [0.4, 0.5) is 10.5 Å². The highest BCUT2D eigenvalue weighted by atomic mass is 16.2. The third-order valence-electron chi connectivity index (χ3n) is 4.21. The van der Waals surface area contributed by atoms with E-state index < -0.39 is 0 Å². The molecule has 0 atom stereocenters. The third kappa shape index (κ3) is 3.99. The summed E-state index contributed by atoms with van der Waals surface area (Å²) in [5.41, 5.74) is 3.53. The van der Waals surface area contributed by atoms with Crippen molar-refractivity contribution in [1.29, 1.82) is 0 Å². The van der Waals surface area contributed by atoms with E-state index in [2.05, 4.69) is 5.32 Å². The molecule has 1 N–H and O–H groups in total. The molecule has 3 rings (SSSR count).